The van der Waals surface area contributed by atoms with E-state index in [0.717, 1.165) is 32.7 Å². The molecule has 1 aromatic rings. The number of rotatable bonds is 6. The van der Waals surface area contributed by atoms with E-state index in [2.05, 4.69) is 55.2 Å². The first-order chi connectivity index (χ1) is 10.6. The van der Waals surface area contributed by atoms with Crippen LogP contribution >= 0.6 is 0 Å². The van der Waals surface area contributed by atoms with Gasteiger partial charge in [-0.05, 0) is 44.1 Å². The molecule has 0 amide bonds. The molecular formula is C18H31NO2Si. The van der Waals surface area contributed by atoms with Crippen LogP contribution in [-0.2, 0) is 9.16 Å². The van der Waals surface area contributed by atoms with Gasteiger partial charge in [0.2, 0.25) is 0 Å². The molecule has 1 heterocycles. The summed E-state index contributed by atoms with van der Waals surface area (Å²) in [6.45, 7) is 10.5. The minimum absolute atomic E-state index is 0.194. The molecule has 1 aliphatic rings. The summed E-state index contributed by atoms with van der Waals surface area (Å²) >= 11 is 0. The van der Waals surface area contributed by atoms with Crippen molar-refractivity contribution in [1.82, 2.24) is 0 Å². The number of ether oxygens (including phenoxy) is 1. The van der Waals surface area contributed by atoms with Crippen molar-refractivity contribution in [3.63, 3.8) is 0 Å². The number of hydrogen-bond donors (Lipinski definition) is 0. The number of nitrogens with zero attached hydrogens (tertiary/aromatic N) is 1. The molecule has 0 spiro atoms. The van der Waals surface area contributed by atoms with Gasteiger partial charge in [-0.2, -0.15) is 0 Å². The molecular weight excluding hydrogens is 290 g/mol. The molecule has 124 valence electrons. The summed E-state index contributed by atoms with van der Waals surface area (Å²) in [6, 6.07) is 11.9. The van der Waals surface area contributed by atoms with Crippen molar-refractivity contribution in [2.75, 3.05) is 31.2 Å². The predicted octanol–water partition coefficient (Wildman–Crippen LogP) is 4.30. The van der Waals surface area contributed by atoms with E-state index in [9.17, 15) is 0 Å². The highest BCUT2D eigenvalue weighted by Crippen LogP contribution is 2.21. The Morgan fingerprint density at radius 3 is 2.73 bits per heavy atom. The van der Waals surface area contributed by atoms with E-state index in [1.54, 1.807) is 0 Å². The zero-order valence-electron chi connectivity index (χ0n) is 14.4. The van der Waals surface area contributed by atoms with Gasteiger partial charge in [-0.3, -0.25) is 0 Å². The van der Waals surface area contributed by atoms with Crippen molar-refractivity contribution in [3.8, 4) is 0 Å². The van der Waals surface area contributed by atoms with E-state index >= 15 is 0 Å². The fourth-order valence-electron chi connectivity index (χ4n) is 3.01. The SMILES string of the molecule is CCCCN(CC1COCCC[Si](C)(C)O1)c1ccccc1. The Morgan fingerprint density at radius 1 is 1.23 bits per heavy atom. The number of para-hydroxylation sites is 1. The maximum absolute atomic E-state index is 6.48. The second-order valence-electron chi connectivity index (χ2n) is 6.81. The molecule has 3 nitrogen and oxygen atoms in total. The molecule has 22 heavy (non-hydrogen) atoms. The average Bonchev–Trinajstić information content (AvgIpc) is 2.49. The average molecular weight is 322 g/mol. The number of unbranched alkanes of at least 4 members (excludes halogenated alkanes) is 1. The summed E-state index contributed by atoms with van der Waals surface area (Å²) < 4.78 is 12.3. The minimum Gasteiger partial charge on any atom is -0.410 e. The van der Waals surface area contributed by atoms with E-state index < -0.39 is 8.32 Å². The van der Waals surface area contributed by atoms with Crippen molar-refractivity contribution < 1.29 is 9.16 Å². The molecule has 2 rings (SSSR count). The molecule has 0 bridgehead atoms. The monoisotopic (exact) mass is 321 g/mol. The third-order valence-corrected chi connectivity index (χ3v) is 6.71. The molecule has 0 aliphatic carbocycles. The molecule has 1 aromatic carbocycles. The standard InChI is InChI=1S/C18H31NO2Si/c1-4-5-12-19(17-10-7-6-8-11-17)15-18-16-20-13-9-14-22(2,3)21-18/h6-8,10-11,18H,4-5,9,12-16H2,1-3H3. The van der Waals surface area contributed by atoms with Gasteiger partial charge in [0, 0.05) is 25.4 Å². The molecule has 4 heteroatoms. The van der Waals surface area contributed by atoms with Gasteiger partial charge >= 0.3 is 0 Å². The third kappa shape index (κ3) is 5.74. The van der Waals surface area contributed by atoms with Crippen LogP contribution in [0.3, 0.4) is 0 Å². The van der Waals surface area contributed by atoms with Gasteiger partial charge in [0.15, 0.2) is 8.32 Å². The van der Waals surface area contributed by atoms with E-state index in [4.69, 9.17) is 9.16 Å². The molecule has 0 N–H and O–H groups in total. The summed E-state index contributed by atoms with van der Waals surface area (Å²) in [4.78, 5) is 2.46. The second-order valence-corrected chi connectivity index (χ2v) is 11.1. The van der Waals surface area contributed by atoms with E-state index in [0.29, 0.717) is 0 Å². The Morgan fingerprint density at radius 2 is 2.00 bits per heavy atom. The summed E-state index contributed by atoms with van der Waals surface area (Å²) in [5.41, 5.74) is 1.29. The smallest absolute Gasteiger partial charge is 0.187 e. The molecule has 0 aromatic heterocycles. The van der Waals surface area contributed by atoms with Crippen LogP contribution in [0.5, 0.6) is 0 Å². The summed E-state index contributed by atoms with van der Waals surface area (Å²) in [5.74, 6) is 0. The van der Waals surface area contributed by atoms with Gasteiger partial charge in [-0.15, -0.1) is 0 Å². The Bertz CT molecular complexity index is 424. The topological polar surface area (TPSA) is 21.7 Å². The van der Waals surface area contributed by atoms with E-state index in [1.165, 1.54) is 24.6 Å². The highest BCUT2D eigenvalue weighted by Gasteiger charge is 2.29. The molecule has 1 saturated heterocycles. The van der Waals surface area contributed by atoms with Crippen LogP contribution in [0.15, 0.2) is 30.3 Å². The normalized spacial score (nSPS) is 21.9. The molecule has 0 saturated carbocycles. The molecule has 0 radical (unpaired) electrons. The Kier molecular flexibility index (Phi) is 6.93. The largest absolute Gasteiger partial charge is 0.410 e. The fourth-order valence-corrected chi connectivity index (χ4v) is 5.17. The first kappa shape index (κ1) is 17.5. The zero-order chi connectivity index (χ0) is 15.8. The lowest BCUT2D eigenvalue weighted by atomic mass is 10.2. The first-order valence-corrected chi connectivity index (χ1v) is 11.8. The molecule has 1 aliphatic heterocycles. The van der Waals surface area contributed by atoms with Crippen LogP contribution in [-0.4, -0.2) is 40.7 Å². The van der Waals surface area contributed by atoms with Crippen LogP contribution < -0.4 is 4.90 Å². The third-order valence-electron chi connectivity index (χ3n) is 4.18. The Labute approximate surface area is 136 Å². The van der Waals surface area contributed by atoms with Crippen molar-refractivity contribution in [2.45, 2.75) is 51.4 Å². The van der Waals surface area contributed by atoms with Crippen molar-refractivity contribution in [3.05, 3.63) is 30.3 Å². The van der Waals surface area contributed by atoms with Gasteiger partial charge in [-0.1, -0.05) is 31.5 Å². The summed E-state index contributed by atoms with van der Waals surface area (Å²) in [6.07, 6.45) is 3.76. The minimum atomic E-state index is -1.54. The highest BCUT2D eigenvalue weighted by atomic mass is 28.4. The zero-order valence-corrected chi connectivity index (χ0v) is 15.4. The predicted molar refractivity (Wildman–Crippen MR) is 96.2 cm³/mol. The van der Waals surface area contributed by atoms with Crippen molar-refractivity contribution >= 4 is 14.0 Å². The van der Waals surface area contributed by atoms with Gasteiger partial charge in [0.25, 0.3) is 0 Å². The maximum Gasteiger partial charge on any atom is 0.187 e. The Hall–Kier alpha value is -0.843. The second kappa shape index (κ2) is 8.70. The number of benzene rings is 1. The Balaban J connectivity index is 2.04. The lowest BCUT2D eigenvalue weighted by Crippen LogP contribution is -2.45. The van der Waals surface area contributed by atoms with Crippen molar-refractivity contribution in [1.29, 1.82) is 0 Å². The maximum atomic E-state index is 6.48. The first-order valence-electron chi connectivity index (χ1n) is 8.66. The van der Waals surface area contributed by atoms with Gasteiger partial charge in [0.1, 0.15) is 0 Å². The number of anilines is 1. The van der Waals surface area contributed by atoms with Crippen LogP contribution in [0.4, 0.5) is 5.69 Å². The lowest BCUT2D eigenvalue weighted by Gasteiger charge is -2.35. The van der Waals surface area contributed by atoms with Crippen molar-refractivity contribution in [2.24, 2.45) is 0 Å². The molecule has 1 unspecified atom stereocenters. The van der Waals surface area contributed by atoms with Gasteiger partial charge < -0.3 is 14.1 Å². The lowest BCUT2D eigenvalue weighted by molar-refractivity contribution is 0.0389. The van der Waals surface area contributed by atoms with Crippen LogP contribution in [0.25, 0.3) is 0 Å². The number of hydrogen-bond acceptors (Lipinski definition) is 3. The molecule has 1 fully saturated rings. The van der Waals surface area contributed by atoms with Gasteiger partial charge in [0.05, 0.1) is 12.7 Å². The van der Waals surface area contributed by atoms with Crippen LogP contribution in [0.2, 0.25) is 19.1 Å². The fraction of sp³-hybridized carbons (Fsp3) is 0.667. The quantitative estimate of drug-likeness (QED) is 0.729. The molecule has 1 atom stereocenters. The van der Waals surface area contributed by atoms with E-state index in [1.807, 2.05) is 0 Å². The summed E-state index contributed by atoms with van der Waals surface area (Å²) in [5, 5.41) is 0. The van der Waals surface area contributed by atoms with Crippen LogP contribution in [0, 0.1) is 0 Å². The highest BCUT2D eigenvalue weighted by molar-refractivity contribution is 6.71. The van der Waals surface area contributed by atoms with Crippen LogP contribution in [0.1, 0.15) is 26.2 Å². The summed E-state index contributed by atoms with van der Waals surface area (Å²) in [7, 11) is -1.54. The van der Waals surface area contributed by atoms with Gasteiger partial charge in [-0.25, -0.2) is 0 Å². The van der Waals surface area contributed by atoms with E-state index in [-0.39, 0.29) is 6.10 Å².